The number of likely N-dealkylation sites (N-methyl/N-ethyl adjacent to an activating group) is 1. The second-order valence-electron chi connectivity index (χ2n) is 5.43. The average molecular weight is 364 g/mol. The van der Waals surface area contributed by atoms with Crippen LogP contribution in [-0.2, 0) is 4.79 Å². The number of carbonyl (C=O) groups excluding carboxylic acids is 2. The minimum absolute atomic E-state index is 0.0393. The molecule has 0 radical (unpaired) electrons. The molecule has 5 nitrogen and oxygen atoms in total. The zero-order chi connectivity index (χ0) is 18.1. The van der Waals surface area contributed by atoms with Crippen LogP contribution in [0.2, 0.25) is 0 Å². The molecule has 0 fully saturated rings. The summed E-state index contributed by atoms with van der Waals surface area (Å²) in [6.45, 7) is 1.04. The Labute approximate surface area is 150 Å². The third-order valence-electron chi connectivity index (χ3n) is 3.54. The van der Waals surface area contributed by atoms with Crippen molar-refractivity contribution in [2.75, 3.05) is 26.7 Å². The molecule has 0 bridgehead atoms. The van der Waals surface area contributed by atoms with Gasteiger partial charge in [-0.3, -0.25) is 9.59 Å². The van der Waals surface area contributed by atoms with Gasteiger partial charge >= 0.3 is 0 Å². The Morgan fingerprint density at radius 3 is 2.76 bits per heavy atom. The molecule has 134 valence electrons. The van der Waals surface area contributed by atoms with Gasteiger partial charge in [0.2, 0.25) is 5.91 Å². The van der Waals surface area contributed by atoms with E-state index in [0.717, 1.165) is 0 Å². The van der Waals surface area contributed by atoms with Crippen LogP contribution < -0.4 is 10.1 Å². The van der Waals surface area contributed by atoms with Crippen molar-refractivity contribution in [2.45, 2.75) is 12.8 Å². The molecule has 0 saturated heterocycles. The van der Waals surface area contributed by atoms with E-state index in [1.54, 1.807) is 36.2 Å². The summed E-state index contributed by atoms with van der Waals surface area (Å²) >= 11 is 1.38. The van der Waals surface area contributed by atoms with E-state index in [-0.39, 0.29) is 24.2 Å². The number of nitrogens with one attached hydrogen (secondary N) is 1. The first-order valence-corrected chi connectivity index (χ1v) is 8.89. The third kappa shape index (κ3) is 6.19. The van der Waals surface area contributed by atoms with Crippen molar-refractivity contribution < 1.29 is 18.7 Å². The lowest BCUT2D eigenvalue weighted by Gasteiger charge is -2.17. The number of para-hydroxylation sites is 1. The van der Waals surface area contributed by atoms with Gasteiger partial charge in [0.05, 0.1) is 11.4 Å². The van der Waals surface area contributed by atoms with Gasteiger partial charge in [-0.15, -0.1) is 11.3 Å². The highest BCUT2D eigenvalue weighted by Crippen LogP contribution is 2.15. The monoisotopic (exact) mass is 364 g/mol. The molecule has 25 heavy (non-hydrogen) atoms. The largest absolute Gasteiger partial charge is 0.489 e. The molecule has 0 saturated carbocycles. The molecule has 0 unspecified atom stereocenters. The molecule has 1 N–H and O–H groups in total. The van der Waals surface area contributed by atoms with E-state index in [9.17, 15) is 14.0 Å². The average Bonchev–Trinajstić information content (AvgIpc) is 3.14. The van der Waals surface area contributed by atoms with E-state index in [1.807, 2.05) is 11.4 Å². The Hall–Kier alpha value is -2.41. The quantitative estimate of drug-likeness (QED) is 0.696. The highest BCUT2D eigenvalue weighted by Gasteiger charge is 2.10. The summed E-state index contributed by atoms with van der Waals surface area (Å²) < 4.78 is 18.7. The predicted octanol–water partition coefficient (Wildman–Crippen LogP) is 2.93. The first kappa shape index (κ1) is 18.9. The smallest absolute Gasteiger partial charge is 0.261 e. The standard InChI is InChI=1S/C18H21FN2O3S/c1-21(11-12-24-15-7-3-2-6-14(15)19)17(22)9-4-10-20-18(23)16-8-5-13-25-16/h2-3,5-8,13H,4,9-12H2,1H3,(H,20,23). The van der Waals surface area contributed by atoms with E-state index < -0.39 is 5.82 Å². The van der Waals surface area contributed by atoms with Crippen LogP contribution in [0.4, 0.5) is 4.39 Å². The van der Waals surface area contributed by atoms with Crippen LogP contribution in [0.3, 0.4) is 0 Å². The van der Waals surface area contributed by atoms with Gasteiger partial charge in [0.15, 0.2) is 11.6 Å². The first-order valence-electron chi connectivity index (χ1n) is 8.01. The maximum atomic E-state index is 13.4. The Bertz CT molecular complexity index is 691. The van der Waals surface area contributed by atoms with E-state index in [1.165, 1.54) is 17.4 Å². The fourth-order valence-corrected chi connectivity index (χ4v) is 2.75. The minimum atomic E-state index is -0.419. The maximum Gasteiger partial charge on any atom is 0.261 e. The van der Waals surface area contributed by atoms with Crippen LogP contribution in [0.15, 0.2) is 41.8 Å². The van der Waals surface area contributed by atoms with Crippen molar-refractivity contribution in [1.29, 1.82) is 0 Å². The maximum absolute atomic E-state index is 13.4. The second-order valence-corrected chi connectivity index (χ2v) is 6.38. The fourth-order valence-electron chi connectivity index (χ4n) is 2.11. The summed E-state index contributed by atoms with van der Waals surface area (Å²) in [5.41, 5.74) is 0. The highest BCUT2D eigenvalue weighted by atomic mass is 32.1. The normalized spacial score (nSPS) is 10.3. The fraction of sp³-hybridized carbons (Fsp3) is 0.333. The summed E-state index contributed by atoms with van der Waals surface area (Å²) in [5, 5.41) is 4.63. The van der Waals surface area contributed by atoms with Crippen LogP contribution >= 0.6 is 11.3 Å². The summed E-state index contributed by atoms with van der Waals surface area (Å²) in [5.74, 6) is -0.394. The van der Waals surface area contributed by atoms with Crippen molar-refractivity contribution in [1.82, 2.24) is 10.2 Å². The van der Waals surface area contributed by atoms with E-state index in [0.29, 0.717) is 30.8 Å². The number of hydrogen-bond acceptors (Lipinski definition) is 4. The van der Waals surface area contributed by atoms with Crippen LogP contribution in [0.1, 0.15) is 22.5 Å². The van der Waals surface area contributed by atoms with Gasteiger partial charge in [-0.2, -0.15) is 0 Å². The molecule has 7 heteroatoms. The third-order valence-corrected chi connectivity index (χ3v) is 4.41. The second kappa shape index (κ2) is 9.78. The number of halogens is 1. The van der Waals surface area contributed by atoms with Gasteiger partial charge in [-0.05, 0) is 30.0 Å². The molecule has 0 spiro atoms. The molecule has 0 aliphatic heterocycles. The van der Waals surface area contributed by atoms with Crippen LogP contribution in [-0.4, -0.2) is 43.5 Å². The molecule has 0 aliphatic carbocycles. The molecule has 1 aromatic heterocycles. The van der Waals surface area contributed by atoms with Crippen LogP contribution in [0.25, 0.3) is 0 Å². The molecule has 0 atom stereocenters. The zero-order valence-corrected chi connectivity index (χ0v) is 14.9. The lowest BCUT2D eigenvalue weighted by Crippen LogP contribution is -2.32. The minimum Gasteiger partial charge on any atom is -0.489 e. The van der Waals surface area contributed by atoms with Crippen molar-refractivity contribution >= 4 is 23.2 Å². The lowest BCUT2D eigenvalue weighted by molar-refractivity contribution is -0.130. The number of amides is 2. The number of carbonyl (C=O) groups is 2. The highest BCUT2D eigenvalue weighted by molar-refractivity contribution is 7.12. The van der Waals surface area contributed by atoms with Crippen LogP contribution in [0.5, 0.6) is 5.75 Å². The zero-order valence-electron chi connectivity index (χ0n) is 14.0. The summed E-state index contributed by atoms with van der Waals surface area (Å²) in [6, 6.07) is 9.74. The van der Waals surface area contributed by atoms with E-state index in [2.05, 4.69) is 5.32 Å². The molecule has 2 amide bonds. The molecule has 0 aliphatic rings. The Balaban J connectivity index is 1.60. The van der Waals surface area contributed by atoms with Crippen molar-refractivity contribution in [3.63, 3.8) is 0 Å². The topological polar surface area (TPSA) is 58.6 Å². The number of nitrogens with zero attached hydrogens (tertiary/aromatic N) is 1. The van der Waals surface area contributed by atoms with Crippen LogP contribution in [0, 0.1) is 5.82 Å². The number of hydrogen-bond donors (Lipinski definition) is 1. The molecular formula is C18H21FN2O3S. The first-order chi connectivity index (χ1) is 12.1. The van der Waals surface area contributed by atoms with Gasteiger partial charge < -0.3 is 15.0 Å². The van der Waals surface area contributed by atoms with Gasteiger partial charge in [0.25, 0.3) is 5.91 Å². The molecule has 2 rings (SSSR count). The number of thiophene rings is 1. The lowest BCUT2D eigenvalue weighted by atomic mass is 10.2. The Morgan fingerprint density at radius 1 is 1.24 bits per heavy atom. The summed E-state index contributed by atoms with van der Waals surface area (Å²) in [7, 11) is 1.68. The van der Waals surface area contributed by atoms with Gasteiger partial charge in [0.1, 0.15) is 6.61 Å². The van der Waals surface area contributed by atoms with E-state index >= 15 is 0 Å². The Kier molecular flexibility index (Phi) is 7.40. The van der Waals surface area contributed by atoms with Gasteiger partial charge in [-0.1, -0.05) is 18.2 Å². The Morgan fingerprint density at radius 2 is 2.04 bits per heavy atom. The molecular weight excluding hydrogens is 343 g/mol. The predicted molar refractivity (Wildman–Crippen MR) is 95.4 cm³/mol. The number of ether oxygens (including phenoxy) is 1. The number of rotatable bonds is 9. The summed E-state index contributed by atoms with van der Waals surface area (Å²) in [4.78, 5) is 26.0. The van der Waals surface area contributed by atoms with Crippen molar-refractivity contribution in [2.24, 2.45) is 0 Å². The molecule has 1 aromatic carbocycles. The van der Waals surface area contributed by atoms with Gasteiger partial charge in [0, 0.05) is 20.0 Å². The molecule has 1 heterocycles. The van der Waals surface area contributed by atoms with Crippen molar-refractivity contribution in [3.8, 4) is 5.75 Å². The van der Waals surface area contributed by atoms with E-state index in [4.69, 9.17) is 4.74 Å². The molecule has 2 aromatic rings. The van der Waals surface area contributed by atoms with Gasteiger partial charge in [-0.25, -0.2) is 4.39 Å². The van der Waals surface area contributed by atoms with Crippen molar-refractivity contribution in [3.05, 3.63) is 52.5 Å². The SMILES string of the molecule is CN(CCOc1ccccc1F)C(=O)CCCNC(=O)c1cccs1. The number of benzene rings is 1. The summed E-state index contributed by atoms with van der Waals surface area (Å²) in [6.07, 6.45) is 0.898.